The molecule has 1 heterocycles. The van der Waals surface area contributed by atoms with Crippen LogP contribution in [0.1, 0.15) is 24.0 Å². The third kappa shape index (κ3) is 3.23. The quantitative estimate of drug-likeness (QED) is 0.847. The van der Waals surface area contributed by atoms with Gasteiger partial charge in [0.25, 0.3) is 0 Å². The number of phenolic OH excluding ortho intramolecular Hbond substituents is 1. The zero-order valence-corrected chi connectivity index (χ0v) is 10.8. The van der Waals surface area contributed by atoms with Crippen LogP contribution in [0.5, 0.6) is 5.75 Å². The number of hydrogen-bond acceptors (Lipinski definition) is 3. The molecule has 0 unspecified atom stereocenters. The van der Waals surface area contributed by atoms with E-state index in [-0.39, 0.29) is 11.7 Å². The first-order valence-electron chi connectivity index (χ1n) is 6.44. The molecular formula is C14H20N2O2. The molecule has 2 rings (SSSR count). The minimum atomic E-state index is 0.152. The van der Waals surface area contributed by atoms with E-state index in [0.29, 0.717) is 13.1 Å². The van der Waals surface area contributed by atoms with Crippen LogP contribution < -0.4 is 5.32 Å². The molecule has 0 atom stereocenters. The summed E-state index contributed by atoms with van der Waals surface area (Å²) in [6.45, 7) is 4.62. The second-order valence-electron chi connectivity index (χ2n) is 4.82. The molecule has 2 N–H and O–H groups in total. The number of carbonyl (C=O) groups excluding carboxylic acids is 1. The molecule has 0 bridgehead atoms. The van der Waals surface area contributed by atoms with Crippen molar-refractivity contribution in [3.8, 4) is 5.75 Å². The van der Waals surface area contributed by atoms with Gasteiger partial charge in [0.05, 0.1) is 6.54 Å². The number of nitrogens with one attached hydrogen (secondary N) is 1. The second-order valence-corrected chi connectivity index (χ2v) is 4.82. The number of rotatable bonds is 4. The van der Waals surface area contributed by atoms with Crippen LogP contribution >= 0.6 is 0 Å². The molecule has 98 valence electrons. The standard InChI is InChI=1S/C14H20N2O2/c1-11-4-5-13(17)12(8-11)9-15-10-14(18)16-6-2-3-7-16/h4-5,8,15,17H,2-3,6-7,9-10H2,1H3. The van der Waals surface area contributed by atoms with E-state index in [1.807, 2.05) is 24.0 Å². The van der Waals surface area contributed by atoms with E-state index >= 15 is 0 Å². The van der Waals surface area contributed by atoms with E-state index in [1.165, 1.54) is 0 Å². The summed E-state index contributed by atoms with van der Waals surface area (Å²) < 4.78 is 0. The topological polar surface area (TPSA) is 52.6 Å². The van der Waals surface area contributed by atoms with Gasteiger partial charge in [-0.15, -0.1) is 0 Å². The molecule has 4 heteroatoms. The van der Waals surface area contributed by atoms with Gasteiger partial charge in [0.1, 0.15) is 5.75 Å². The minimum absolute atomic E-state index is 0.152. The Bertz CT molecular complexity index is 426. The van der Waals surface area contributed by atoms with Crippen LogP contribution in [-0.4, -0.2) is 35.5 Å². The predicted octanol–water partition coefficient (Wildman–Crippen LogP) is 1.41. The molecule has 4 nitrogen and oxygen atoms in total. The van der Waals surface area contributed by atoms with Crippen molar-refractivity contribution >= 4 is 5.91 Å². The molecule has 1 fully saturated rings. The number of aromatic hydroxyl groups is 1. The summed E-state index contributed by atoms with van der Waals surface area (Å²) in [4.78, 5) is 13.7. The molecule has 0 spiro atoms. The average Bonchev–Trinajstić information content (AvgIpc) is 2.87. The van der Waals surface area contributed by atoms with E-state index in [4.69, 9.17) is 0 Å². The lowest BCUT2D eigenvalue weighted by molar-refractivity contribution is -0.129. The van der Waals surface area contributed by atoms with E-state index in [9.17, 15) is 9.90 Å². The number of amides is 1. The maximum atomic E-state index is 11.8. The number of aryl methyl sites for hydroxylation is 1. The average molecular weight is 248 g/mol. The molecule has 0 aliphatic carbocycles. The van der Waals surface area contributed by atoms with Gasteiger partial charge in [-0.05, 0) is 25.8 Å². The molecule has 1 aromatic rings. The molecular weight excluding hydrogens is 228 g/mol. The van der Waals surface area contributed by atoms with Gasteiger partial charge >= 0.3 is 0 Å². The number of carbonyl (C=O) groups is 1. The Balaban J connectivity index is 1.81. The normalized spacial score (nSPS) is 15.1. The van der Waals surface area contributed by atoms with Gasteiger partial charge in [-0.3, -0.25) is 4.79 Å². The number of benzene rings is 1. The molecule has 0 radical (unpaired) electrons. The van der Waals surface area contributed by atoms with Crippen molar-refractivity contribution in [2.45, 2.75) is 26.3 Å². The summed E-state index contributed by atoms with van der Waals surface area (Å²) in [6, 6.07) is 5.49. The van der Waals surface area contributed by atoms with E-state index in [0.717, 1.165) is 37.1 Å². The first-order chi connectivity index (χ1) is 8.66. The van der Waals surface area contributed by atoms with Gasteiger partial charge in [0.2, 0.25) is 5.91 Å². The van der Waals surface area contributed by atoms with Crippen LogP contribution in [-0.2, 0) is 11.3 Å². The lowest BCUT2D eigenvalue weighted by Gasteiger charge is -2.15. The van der Waals surface area contributed by atoms with Crippen molar-refractivity contribution in [3.05, 3.63) is 29.3 Å². The largest absolute Gasteiger partial charge is 0.508 e. The van der Waals surface area contributed by atoms with Crippen LogP contribution in [0.15, 0.2) is 18.2 Å². The first kappa shape index (κ1) is 12.9. The van der Waals surface area contributed by atoms with E-state index < -0.39 is 0 Å². The summed E-state index contributed by atoms with van der Waals surface area (Å²) in [5, 5.41) is 12.8. The van der Waals surface area contributed by atoms with Crippen molar-refractivity contribution in [1.82, 2.24) is 10.2 Å². The Morgan fingerprint density at radius 3 is 2.83 bits per heavy atom. The fourth-order valence-corrected chi connectivity index (χ4v) is 2.24. The van der Waals surface area contributed by atoms with Crippen LogP contribution in [0.4, 0.5) is 0 Å². The molecule has 1 aliphatic heterocycles. The van der Waals surface area contributed by atoms with Crippen molar-refractivity contribution in [3.63, 3.8) is 0 Å². The molecule has 1 saturated heterocycles. The number of nitrogens with zero attached hydrogens (tertiary/aromatic N) is 1. The smallest absolute Gasteiger partial charge is 0.236 e. The van der Waals surface area contributed by atoms with Gasteiger partial charge in [0, 0.05) is 25.2 Å². The fraction of sp³-hybridized carbons (Fsp3) is 0.500. The van der Waals surface area contributed by atoms with Crippen molar-refractivity contribution in [1.29, 1.82) is 0 Å². The van der Waals surface area contributed by atoms with Gasteiger partial charge in [-0.25, -0.2) is 0 Å². The van der Waals surface area contributed by atoms with Crippen molar-refractivity contribution < 1.29 is 9.90 Å². The van der Waals surface area contributed by atoms with Gasteiger partial charge in [0.15, 0.2) is 0 Å². The van der Waals surface area contributed by atoms with Gasteiger partial charge in [-0.1, -0.05) is 17.7 Å². The summed E-state index contributed by atoms with van der Waals surface area (Å²) >= 11 is 0. The van der Waals surface area contributed by atoms with Gasteiger partial charge < -0.3 is 15.3 Å². The maximum absolute atomic E-state index is 11.8. The molecule has 0 saturated carbocycles. The van der Waals surface area contributed by atoms with E-state index in [1.54, 1.807) is 6.07 Å². The Morgan fingerprint density at radius 1 is 1.39 bits per heavy atom. The third-order valence-electron chi connectivity index (χ3n) is 3.29. The molecule has 1 aromatic carbocycles. The SMILES string of the molecule is Cc1ccc(O)c(CNCC(=O)N2CCCC2)c1. The van der Waals surface area contributed by atoms with Crippen LogP contribution in [0.25, 0.3) is 0 Å². The Morgan fingerprint density at radius 2 is 2.11 bits per heavy atom. The summed E-state index contributed by atoms with van der Waals surface area (Å²) in [7, 11) is 0. The highest BCUT2D eigenvalue weighted by molar-refractivity contribution is 5.78. The molecule has 0 aromatic heterocycles. The monoisotopic (exact) mass is 248 g/mol. The lowest BCUT2D eigenvalue weighted by Crippen LogP contribution is -2.35. The zero-order chi connectivity index (χ0) is 13.0. The van der Waals surface area contributed by atoms with Crippen LogP contribution in [0.3, 0.4) is 0 Å². The number of hydrogen-bond donors (Lipinski definition) is 2. The number of phenols is 1. The summed E-state index contributed by atoms with van der Waals surface area (Å²) in [5.41, 5.74) is 1.94. The van der Waals surface area contributed by atoms with Crippen LogP contribution in [0, 0.1) is 6.92 Å². The predicted molar refractivity (Wildman–Crippen MR) is 70.4 cm³/mol. The first-order valence-corrected chi connectivity index (χ1v) is 6.44. The Kier molecular flexibility index (Phi) is 4.20. The highest BCUT2D eigenvalue weighted by atomic mass is 16.3. The summed E-state index contributed by atoms with van der Waals surface area (Å²) in [5.74, 6) is 0.432. The number of likely N-dealkylation sites (tertiary alicyclic amines) is 1. The highest BCUT2D eigenvalue weighted by Crippen LogP contribution is 2.17. The maximum Gasteiger partial charge on any atom is 0.236 e. The minimum Gasteiger partial charge on any atom is -0.508 e. The third-order valence-corrected chi connectivity index (χ3v) is 3.29. The Labute approximate surface area is 108 Å². The Hall–Kier alpha value is -1.55. The molecule has 1 amide bonds. The van der Waals surface area contributed by atoms with Crippen molar-refractivity contribution in [2.75, 3.05) is 19.6 Å². The van der Waals surface area contributed by atoms with E-state index in [2.05, 4.69) is 5.32 Å². The zero-order valence-electron chi connectivity index (χ0n) is 10.8. The van der Waals surface area contributed by atoms with Crippen molar-refractivity contribution in [2.24, 2.45) is 0 Å². The van der Waals surface area contributed by atoms with Gasteiger partial charge in [-0.2, -0.15) is 0 Å². The lowest BCUT2D eigenvalue weighted by atomic mass is 10.1. The highest BCUT2D eigenvalue weighted by Gasteiger charge is 2.17. The summed E-state index contributed by atoms with van der Waals surface area (Å²) in [6.07, 6.45) is 2.23. The molecule has 1 aliphatic rings. The fourth-order valence-electron chi connectivity index (χ4n) is 2.24. The van der Waals surface area contributed by atoms with Crippen LogP contribution in [0.2, 0.25) is 0 Å². The molecule has 18 heavy (non-hydrogen) atoms. The second kappa shape index (κ2) is 5.87.